The highest BCUT2D eigenvalue weighted by molar-refractivity contribution is 4.97. The molecule has 0 amide bonds. The highest BCUT2D eigenvalue weighted by Crippen LogP contribution is 2.55. The van der Waals surface area contributed by atoms with Gasteiger partial charge in [0, 0.05) is 0 Å². The van der Waals surface area contributed by atoms with Gasteiger partial charge in [0.1, 0.15) is 0 Å². The predicted molar refractivity (Wildman–Crippen MR) is 59.0 cm³/mol. The number of aliphatic hydroxyl groups excluding tert-OH is 1. The van der Waals surface area contributed by atoms with Gasteiger partial charge in [-0.05, 0) is 55.3 Å². The average molecular weight is 196 g/mol. The average Bonchev–Trinajstić information content (AvgIpc) is 2.68. The smallest absolute Gasteiger partial charge is 0.0568 e. The Hall–Kier alpha value is -0.0400. The van der Waals surface area contributed by atoms with Crippen LogP contribution in [0.3, 0.4) is 0 Å². The van der Waals surface area contributed by atoms with Crippen molar-refractivity contribution < 1.29 is 5.11 Å². The van der Waals surface area contributed by atoms with Crippen LogP contribution in [-0.2, 0) is 0 Å². The monoisotopic (exact) mass is 196 g/mol. The molecule has 0 aromatic heterocycles. The molecular formula is C13H24O. The lowest BCUT2D eigenvalue weighted by atomic mass is 9.85. The minimum Gasteiger partial charge on any atom is -0.393 e. The molecule has 1 heteroatoms. The third-order valence-electron chi connectivity index (χ3n) is 4.01. The Labute approximate surface area is 87.9 Å². The Morgan fingerprint density at radius 2 is 1.71 bits per heavy atom. The number of rotatable bonds is 3. The van der Waals surface area contributed by atoms with Crippen LogP contribution < -0.4 is 0 Å². The molecule has 2 saturated carbocycles. The van der Waals surface area contributed by atoms with E-state index >= 15 is 0 Å². The van der Waals surface area contributed by atoms with Crippen LogP contribution in [0.25, 0.3) is 0 Å². The van der Waals surface area contributed by atoms with Gasteiger partial charge >= 0.3 is 0 Å². The van der Waals surface area contributed by atoms with Crippen LogP contribution in [0, 0.1) is 23.2 Å². The summed E-state index contributed by atoms with van der Waals surface area (Å²) in [6, 6.07) is 0. The Morgan fingerprint density at radius 3 is 2.21 bits per heavy atom. The van der Waals surface area contributed by atoms with Gasteiger partial charge in [0.2, 0.25) is 0 Å². The fraction of sp³-hybridized carbons (Fsp3) is 1.00. The van der Waals surface area contributed by atoms with Crippen molar-refractivity contribution in [2.24, 2.45) is 23.2 Å². The summed E-state index contributed by atoms with van der Waals surface area (Å²) in [5.74, 6) is 2.65. The van der Waals surface area contributed by atoms with Crippen LogP contribution in [0.15, 0.2) is 0 Å². The topological polar surface area (TPSA) is 20.2 Å². The molecular weight excluding hydrogens is 172 g/mol. The van der Waals surface area contributed by atoms with E-state index in [2.05, 4.69) is 20.8 Å². The summed E-state index contributed by atoms with van der Waals surface area (Å²) >= 11 is 0. The van der Waals surface area contributed by atoms with E-state index in [9.17, 15) is 5.11 Å². The molecule has 0 heterocycles. The van der Waals surface area contributed by atoms with Gasteiger partial charge in [-0.1, -0.05) is 20.8 Å². The van der Waals surface area contributed by atoms with E-state index in [4.69, 9.17) is 0 Å². The fourth-order valence-electron chi connectivity index (χ4n) is 2.89. The molecule has 14 heavy (non-hydrogen) atoms. The normalized spacial score (nSPS) is 38.1. The SMILES string of the molecule is CC(C)(C)CCC(O)C1CC2CC2C1. The highest BCUT2D eigenvalue weighted by Gasteiger charge is 2.47. The Bertz CT molecular complexity index is 194. The van der Waals surface area contributed by atoms with Crippen LogP contribution >= 0.6 is 0 Å². The van der Waals surface area contributed by atoms with Gasteiger partial charge in [-0.15, -0.1) is 0 Å². The molecule has 2 fully saturated rings. The minimum atomic E-state index is -0.0120. The van der Waals surface area contributed by atoms with Crippen LogP contribution in [0.4, 0.5) is 0 Å². The molecule has 2 aliphatic carbocycles. The Morgan fingerprint density at radius 1 is 1.14 bits per heavy atom. The lowest BCUT2D eigenvalue weighted by Crippen LogP contribution is -2.21. The second kappa shape index (κ2) is 3.52. The molecule has 82 valence electrons. The lowest BCUT2D eigenvalue weighted by Gasteiger charge is -2.24. The maximum atomic E-state index is 10.1. The van der Waals surface area contributed by atoms with Gasteiger partial charge in [0.05, 0.1) is 6.10 Å². The van der Waals surface area contributed by atoms with E-state index in [0.717, 1.165) is 24.7 Å². The van der Waals surface area contributed by atoms with Crippen molar-refractivity contribution in [2.45, 2.75) is 59.0 Å². The second-order valence-corrected chi connectivity index (χ2v) is 6.65. The maximum Gasteiger partial charge on any atom is 0.0568 e. The van der Waals surface area contributed by atoms with Gasteiger partial charge < -0.3 is 5.11 Å². The van der Waals surface area contributed by atoms with Crippen molar-refractivity contribution in [3.8, 4) is 0 Å². The fourth-order valence-corrected chi connectivity index (χ4v) is 2.89. The van der Waals surface area contributed by atoms with Crippen LogP contribution in [0.2, 0.25) is 0 Å². The number of hydrogen-bond donors (Lipinski definition) is 1. The summed E-state index contributed by atoms with van der Waals surface area (Å²) in [5, 5.41) is 10.1. The first-order chi connectivity index (χ1) is 6.46. The van der Waals surface area contributed by atoms with Gasteiger partial charge in [-0.3, -0.25) is 0 Å². The first-order valence-corrected chi connectivity index (χ1v) is 6.14. The molecule has 0 aliphatic heterocycles. The summed E-state index contributed by atoms with van der Waals surface area (Å²) in [6.07, 6.45) is 6.24. The van der Waals surface area contributed by atoms with Crippen molar-refractivity contribution in [3.63, 3.8) is 0 Å². The van der Waals surface area contributed by atoms with Gasteiger partial charge in [-0.25, -0.2) is 0 Å². The lowest BCUT2D eigenvalue weighted by molar-refractivity contribution is 0.0830. The molecule has 2 rings (SSSR count). The molecule has 0 spiro atoms. The summed E-state index contributed by atoms with van der Waals surface area (Å²) in [4.78, 5) is 0. The van der Waals surface area contributed by atoms with Crippen molar-refractivity contribution >= 4 is 0 Å². The van der Waals surface area contributed by atoms with Crippen LogP contribution in [0.1, 0.15) is 52.9 Å². The summed E-state index contributed by atoms with van der Waals surface area (Å²) in [5.41, 5.74) is 0.377. The zero-order valence-corrected chi connectivity index (χ0v) is 9.79. The molecule has 0 radical (unpaired) electrons. The van der Waals surface area contributed by atoms with E-state index in [1.165, 1.54) is 19.3 Å². The first kappa shape index (κ1) is 10.5. The number of hydrogen-bond acceptors (Lipinski definition) is 1. The van der Waals surface area contributed by atoms with Gasteiger partial charge in [0.25, 0.3) is 0 Å². The standard InChI is InChI=1S/C13H24O/c1-13(2,3)5-4-12(14)11-7-9-6-10(9)8-11/h9-12,14H,4-8H2,1-3H3. The Balaban J connectivity index is 1.70. The van der Waals surface area contributed by atoms with E-state index < -0.39 is 0 Å². The second-order valence-electron chi connectivity index (χ2n) is 6.65. The van der Waals surface area contributed by atoms with Crippen molar-refractivity contribution in [1.82, 2.24) is 0 Å². The molecule has 0 saturated heterocycles. The van der Waals surface area contributed by atoms with E-state index in [1.54, 1.807) is 0 Å². The van der Waals surface area contributed by atoms with Crippen LogP contribution in [-0.4, -0.2) is 11.2 Å². The molecule has 2 aliphatic rings. The molecule has 1 nitrogen and oxygen atoms in total. The summed E-state index contributed by atoms with van der Waals surface area (Å²) < 4.78 is 0. The summed E-state index contributed by atoms with van der Waals surface area (Å²) in [6.45, 7) is 6.77. The molecule has 3 atom stereocenters. The molecule has 0 bridgehead atoms. The minimum absolute atomic E-state index is 0.0120. The highest BCUT2D eigenvalue weighted by atomic mass is 16.3. The molecule has 3 unspecified atom stereocenters. The first-order valence-electron chi connectivity index (χ1n) is 6.14. The molecule has 0 aromatic carbocycles. The van der Waals surface area contributed by atoms with Crippen molar-refractivity contribution in [2.75, 3.05) is 0 Å². The third kappa shape index (κ3) is 2.50. The van der Waals surface area contributed by atoms with Crippen molar-refractivity contribution in [1.29, 1.82) is 0 Å². The van der Waals surface area contributed by atoms with Crippen LogP contribution in [0.5, 0.6) is 0 Å². The molecule has 0 aromatic rings. The van der Waals surface area contributed by atoms with Crippen molar-refractivity contribution in [3.05, 3.63) is 0 Å². The zero-order chi connectivity index (χ0) is 10.3. The third-order valence-corrected chi connectivity index (χ3v) is 4.01. The zero-order valence-electron chi connectivity index (χ0n) is 9.79. The number of aliphatic hydroxyl groups is 1. The van der Waals surface area contributed by atoms with Gasteiger partial charge in [-0.2, -0.15) is 0 Å². The molecule has 1 N–H and O–H groups in total. The van der Waals surface area contributed by atoms with E-state index in [-0.39, 0.29) is 6.10 Å². The predicted octanol–water partition coefficient (Wildman–Crippen LogP) is 3.22. The van der Waals surface area contributed by atoms with E-state index in [0.29, 0.717) is 11.3 Å². The van der Waals surface area contributed by atoms with Gasteiger partial charge in [0.15, 0.2) is 0 Å². The number of fused-ring (bicyclic) bond motifs is 1. The maximum absolute atomic E-state index is 10.1. The largest absolute Gasteiger partial charge is 0.393 e. The Kier molecular flexibility index (Phi) is 2.63. The van der Waals surface area contributed by atoms with E-state index in [1.807, 2.05) is 0 Å². The quantitative estimate of drug-likeness (QED) is 0.735. The summed E-state index contributed by atoms with van der Waals surface area (Å²) in [7, 11) is 0.